The lowest BCUT2D eigenvalue weighted by Crippen LogP contribution is -2.60. The Hall–Kier alpha value is -2.43. The summed E-state index contributed by atoms with van der Waals surface area (Å²) in [5, 5.41) is 0. The third kappa shape index (κ3) is 3.11. The standard InChI is InChI=1S/C19H24N2O3/c1-12(2)21-17(23)14(4)16(22)20(18(21)24)11-19(5,6)15-9-7-8-13(3)10-15/h7-10,12H,4,11H2,1-3,5-6H3. The molecule has 0 radical (unpaired) electrons. The van der Waals surface area contributed by atoms with Crippen molar-refractivity contribution < 1.29 is 14.4 Å². The SMILES string of the molecule is C=C1C(=O)N(CC(C)(C)c2cccc(C)c2)C(=O)N(C(C)C)C1=O. The molecule has 0 unspecified atom stereocenters. The highest BCUT2D eigenvalue weighted by molar-refractivity contribution is 6.28. The van der Waals surface area contributed by atoms with Crippen LogP contribution in [0.3, 0.4) is 0 Å². The van der Waals surface area contributed by atoms with Gasteiger partial charge in [0.25, 0.3) is 11.8 Å². The number of carbonyl (C=O) groups excluding carboxylic acids is 3. The summed E-state index contributed by atoms with van der Waals surface area (Å²) >= 11 is 0. The molecule has 1 aliphatic rings. The van der Waals surface area contributed by atoms with Gasteiger partial charge in [0.05, 0.1) is 5.57 Å². The van der Waals surface area contributed by atoms with Crippen LogP contribution in [0.5, 0.6) is 0 Å². The van der Waals surface area contributed by atoms with Crippen molar-refractivity contribution in [1.29, 1.82) is 0 Å². The Balaban J connectivity index is 2.36. The van der Waals surface area contributed by atoms with Crippen LogP contribution in [0.1, 0.15) is 38.8 Å². The molecule has 1 heterocycles. The molecule has 5 heteroatoms. The van der Waals surface area contributed by atoms with Crippen LogP contribution in [-0.2, 0) is 15.0 Å². The first kappa shape index (κ1) is 17.9. The van der Waals surface area contributed by atoms with Gasteiger partial charge in [0.2, 0.25) is 0 Å². The summed E-state index contributed by atoms with van der Waals surface area (Å²) in [6.45, 7) is 13.2. The monoisotopic (exact) mass is 328 g/mol. The predicted octanol–water partition coefficient (Wildman–Crippen LogP) is 3.03. The molecule has 0 aliphatic carbocycles. The second-order valence-electron chi connectivity index (χ2n) is 7.17. The van der Waals surface area contributed by atoms with E-state index in [2.05, 4.69) is 6.58 Å². The van der Waals surface area contributed by atoms with Gasteiger partial charge in [-0.1, -0.05) is 50.3 Å². The molecular weight excluding hydrogens is 304 g/mol. The first-order valence-electron chi connectivity index (χ1n) is 8.01. The van der Waals surface area contributed by atoms with E-state index in [0.717, 1.165) is 20.9 Å². The third-order valence-electron chi connectivity index (χ3n) is 4.29. The van der Waals surface area contributed by atoms with Gasteiger partial charge in [0, 0.05) is 18.0 Å². The van der Waals surface area contributed by atoms with Gasteiger partial charge in [-0.25, -0.2) is 4.79 Å². The van der Waals surface area contributed by atoms with Crippen molar-refractivity contribution >= 4 is 17.8 Å². The highest BCUT2D eigenvalue weighted by atomic mass is 16.2. The summed E-state index contributed by atoms with van der Waals surface area (Å²) in [4.78, 5) is 39.5. The van der Waals surface area contributed by atoms with Gasteiger partial charge < -0.3 is 0 Å². The Kier molecular flexibility index (Phi) is 4.65. The fourth-order valence-electron chi connectivity index (χ4n) is 2.85. The number of aryl methyl sites for hydroxylation is 1. The fraction of sp³-hybridized carbons (Fsp3) is 0.421. The number of hydrogen-bond acceptors (Lipinski definition) is 3. The van der Waals surface area contributed by atoms with Crippen molar-refractivity contribution in [2.24, 2.45) is 0 Å². The molecule has 1 aliphatic heterocycles. The number of imide groups is 2. The van der Waals surface area contributed by atoms with Gasteiger partial charge in [-0.2, -0.15) is 0 Å². The summed E-state index contributed by atoms with van der Waals surface area (Å²) < 4.78 is 0. The normalized spacial score (nSPS) is 16.4. The van der Waals surface area contributed by atoms with Crippen LogP contribution in [0.4, 0.5) is 4.79 Å². The van der Waals surface area contributed by atoms with E-state index in [9.17, 15) is 14.4 Å². The minimum absolute atomic E-state index is 0.164. The maximum atomic E-state index is 12.7. The molecule has 1 saturated heterocycles. The van der Waals surface area contributed by atoms with E-state index in [-0.39, 0.29) is 18.2 Å². The fourth-order valence-corrected chi connectivity index (χ4v) is 2.85. The minimum atomic E-state index is -0.609. The zero-order valence-corrected chi connectivity index (χ0v) is 14.9. The summed E-state index contributed by atoms with van der Waals surface area (Å²) in [5.74, 6) is -1.22. The summed E-state index contributed by atoms with van der Waals surface area (Å²) in [5.41, 5.74) is 1.53. The molecule has 1 aromatic carbocycles. The second-order valence-corrected chi connectivity index (χ2v) is 7.17. The summed E-state index contributed by atoms with van der Waals surface area (Å²) in [6.07, 6.45) is 0. The molecule has 128 valence electrons. The van der Waals surface area contributed by atoms with Crippen molar-refractivity contribution in [3.05, 3.63) is 47.5 Å². The maximum absolute atomic E-state index is 12.7. The molecule has 0 spiro atoms. The van der Waals surface area contributed by atoms with Crippen LogP contribution in [-0.4, -0.2) is 40.2 Å². The molecule has 2 rings (SSSR count). The van der Waals surface area contributed by atoms with Gasteiger partial charge >= 0.3 is 6.03 Å². The van der Waals surface area contributed by atoms with Gasteiger partial charge in [-0.05, 0) is 26.3 Å². The molecule has 4 amide bonds. The third-order valence-corrected chi connectivity index (χ3v) is 4.29. The number of benzene rings is 1. The van der Waals surface area contributed by atoms with Crippen LogP contribution in [0.2, 0.25) is 0 Å². The van der Waals surface area contributed by atoms with E-state index < -0.39 is 23.3 Å². The number of amides is 4. The molecular formula is C19H24N2O3. The second kappa shape index (κ2) is 6.23. The van der Waals surface area contributed by atoms with Gasteiger partial charge in [0.1, 0.15) is 0 Å². The Labute approximate surface area is 142 Å². The molecule has 1 fully saturated rings. The lowest BCUT2D eigenvalue weighted by atomic mass is 9.83. The zero-order chi connectivity index (χ0) is 18.2. The van der Waals surface area contributed by atoms with Crippen LogP contribution in [0.25, 0.3) is 0 Å². The molecule has 1 aromatic rings. The molecule has 0 N–H and O–H groups in total. The Morgan fingerprint density at radius 3 is 2.29 bits per heavy atom. The quantitative estimate of drug-likeness (QED) is 0.630. The molecule has 24 heavy (non-hydrogen) atoms. The van der Waals surface area contributed by atoms with Crippen LogP contribution < -0.4 is 0 Å². The predicted molar refractivity (Wildman–Crippen MR) is 92.4 cm³/mol. The first-order valence-corrected chi connectivity index (χ1v) is 8.01. The number of carbonyl (C=O) groups is 3. The lowest BCUT2D eigenvalue weighted by Gasteiger charge is -2.39. The van der Waals surface area contributed by atoms with Crippen LogP contribution >= 0.6 is 0 Å². The molecule has 0 atom stereocenters. The molecule has 0 saturated carbocycles. The number of nitrogens with zero attached hydrogens (tertiary/aromatic N) is 2. The Morgan fingerprint density at radius 2 is 1.75 bits per heavy atom. The first-order chi connectivity index (χ1) is 11.1. The average Bonchev–Trinajstić information content (AvgIpc) is 2.49. The van der Waals surface area contributed by atoms with Crippen molar-refractivity contribution in [3.8, 4) is 0 Å². The minimum Gasteiger partial charge on any atom is -0.268 e. The van der Waals surface area contributed by atoms with E-state index in [1.54, 1.807) is 13.8 Å². The number of barbiturate groups is 1. The van der Waals surface area contributed by atoms with E-state index in [0.29, 0.717) is 0 Å². The topological polar surface area (TPSA) is 57.7 Å². The van der Waals surface area contributed by atoms with E-state index >= 15 is 0 Å². The van der Waals surface area contributed by atoms with Crippen LogP contribution in [0, 0.1) is 6.92 Å². The highest BCUT2D eigenvalue weighted by Crippen LogP contribution is 2.28. The number of rotatable bonds is 4. The summed E-state index contributed by atoms with van der Waals surface area (Å²) in [7, 11) is 0. The van der Waals surface area contributed by atoms with Gasteiger partial charge in [-0.15, -0.1) is 0 Å². The summed E-state index contributed by atoms with van der Waals surface area (Å²) in [6, 6.07) is 7.06. The van der Waals surface area contributed by atoms with E-state index in [1.165, 1.54) is 0 Å². The molecule has 0 bridgehead atoms. The van der Waals surface area contributed by atoms with E-state index in [1.807, 2.05) is 45.0 Å². The van der Waals surface area contributed by atoms with E-state index in [4.69, 9.17) is 0 Å². The largest absolute Gasteiger partial charge is 0.334 e. The molecule has 5 nitrogen and oxygen atoms in total. The van der Waals surface area contributed by atoms with Crippen molar-refractivity contribution in [1.82, 2.24) is 9.80 Å². The Bertz CT molecular complexity index is 719. The van der Waals surface area contributed by atoms with Crippen molar-refractivity contribution in [3.63, 3.8) is 0 Å². The lowest BCUT2D eigenvalue weighted by molar-refractivity contribution is -0.137. The van der Waals surface area contributed by atoms with Gasteiger partial charge in [0.15, 0.2) is 0 Å². The smallest absolute Gasteiger partial charge is 0.268 e. The van der Waals surface area contributed by atoms with Crippen molar-refractivity contribution in [2.75, 3.05) is 6.54 Å². The Morgan fingerprint density at radius 1 is 1.12 bits per heavy atom. The maximum Gasteiger partial charge on any atom is 0.334 e. The number of urea groups is 1. The highest BCUT2D eigenvalue weighted by Gasteiger charge is 2.44. The van der Waals surface area contributed by atoms with Crippen LogP contribution in [0.15, 0.2) is 36.4 Å². The van der Waals surface area contributed by atoms with Crippen molar-refractivity contribution in [2.45, 2.75) is 46.1 Å². The van der Waals surface area contributed by atoms with Gasteiger partial charge in [-0.3, -0.25) is 19.4 Å². The molecule has 0 aromatic heterocycles. The average molecular weight is 328 g/mol. The number of hydrogen-bond donors (Lipinski definition) is 0. The zero-order valence-electron chi connectivity index (χ0n) is 14.9.